The molecule has 110 valence electrons. The maximum Gasteiger partial charge on any atom is 0.338 e. The van der Waals surface area contributed by atoms with Crippen molar-refractivity contribution in [2.24, 2.45) is 0 Å². The molecular weight excluding hydrogens is 266 g/mol. The summed E-state index contributed by atoms with van der Waals surface area (Å²) in [6, 6.07) is 8.98. The summed E-state index contributed by atoms with van der Waals surface area (Å²) in [5, 5.41) is 3.22. The Labute approximate surface area is 124 Å². The number of pyridine rings is 1. The van der Waals surface area contributed by atoms with Gasteiger partial charge in [0.05, 0.1) is 23.5 Å². The average Bonchev–Trinajstić information content (AvgIpc) is 2.52. The van der Waals surface area contributed by atoms with Crippen molar-refractivity contribution in [3.05, 3.63) is 53.9 Å². The number of nitrogens with one attached hydrogen (secondary N) is 1. The maximum atomic E-state index is 11.7. The summed E-state index contributed by atoms with van der Waals surface area (Å²) in [7, 11) is 0. The highest BCUT2D eigenvalue weighted by molar-refractivity contribution is 5.91. The first-order chi connectivity index (χ1) is 10.2. The number of carbonyl (C=O) groups is 1. The number of esters is 1. The van der Waals surface area contributed by atoms with Crippen LogP contribution in [0, 0.1) is 0 Å². The predicted molar refractivity (Wildman–Crippen MR) is 83.0 cm³/mol. The SMILES string of the molecule is CCCOC(=O)c1ccc(NCc2cccnc2)c(N)c1. The number of hydrogen-bond acceptors (Lipinski definition) is 5. The molecule has 0 bridgehead atoms. The molecule has 1 aromatic carbocycles. The minimum absolute atomic E-state index is 0.345. The van der Waals surface area contributed by atoms with Crippen molar-refractivity contribution in [1.29, 1.82) is 0 Å². The Balaban J connectivity index is 2.00. The quantitative estimate of drug-likeness (QED) is 0.630. The fourth-order valence-corrected chi connectivity index (χ4v) is 1.83. The van der Waals surface area contributed by atoms with Crippen LogP contribution in [0.2, 0.25) is 0 Å². The number of aromatic nitrogens is 1. The van der Waals surface area contributed by atoms with Gasteiger partial charge in [-0.25, -0.2) is 4.79 Å². The molecule has 2 aromatic rings. The normalized spacial score (nSPS) is 10.1. The van der Waals surface area contributed by atoms with E-state index in [1.165, 1.54) is 0 Å². The van der Waals surface area contributed by atoms with Crippen LogP contribution in [0.3, 0.4) is 0 Å². The van der Waals surface area contributed by atoms with Crippen molar-refractivity contribution in [2.45, 2.75) is 19.9 Å². The van der Waals surface area contributed by atoms with Crippen molar-refractivity contribution in [2.75, 3.05) is 17.7 Å². The van der Waals surface area contributed by atoms with E-state index in [0.29, 0.717) is 24.4 Å². The maximum absolute atomic E-state index is 11.7. The number of ether oxygens (including phenoxy) is 1. The van der Waals surface area contributed by atoms with Crippen LogP contribution in [0.25, 0.3) is 0 Å². The van der Waals surface area contributed by atoms with Crippen LogP contribution >= 0.6 is 0 Å². The second-order valence-corrected chi connectivity index (χ2v) is 4.65. The molecule has 5 nitrogen and oxygen atoms in total. The number of rotatable bonds is 6. The Kier molecular flexibility index (Phi) is 5.15. The van der Waals surface area contributed by atoms with Crippen LogP contribution in [0.1, 0.15) is 29.3 Å². The molecule has 1 heterocycles. The molecule has 0 spiro atoms. The number of anilines is 2. The second kappa shape index (κ2) is 7.28. The number of carbonyl (C=O) groups excluding carboxylic acids is 1. The van der Waals surface area contributed by atoms with E-state index in [1.54, 1.807) is 30.6 Å². The van der Waals surface area contributed by atoms with Crippen molar-refractivity contribution in [3.63, 3.8) is 0 Å². The van der Waals surface area contributed by atoms with Crippen LogP contribution in [-0.4, -0.2) is 17.6 Å². The second-order valence-electron chi connectivity index (χ2n) is 4.65. The molecular formula is C16H19N3O2. The van der Waals surface area contributed by atoms with Gasteiger partial charge >= 0.3 is 5.97 Å². The Hall–Kier alpha value is -2.56. The van der Waals surface area contributed by atoms with Gasteiger partial charge in [-0.3, -0.25) is 4.98 Å². The molecule has 0 radical (unpaired) electrons. The third kappa shape index (κ3) is 4.21. The lowest BCUT2D eigenvalue weighted by molar-refractivity contribution is 0.0505. The lowest BCUT2D eigenvalue weighted by Crippen LogP contribution is -2.08. The van der Waals surface area contributed by atoms with Crippen LogP contribution in [0.4, 0.5) is 11.4 Å². The van der Waals surface area contributed by atoms with Gasteiger partial charge in [-0.15, -0.1) is 0 Å². The molecule has 0 amide bonds. The van der Waals surface area contributed by atoms with Gasteiger partial charge in [-0.05, 0) is 36.2 Å². The van der Waals surface area contributed by atoms with Gasteiger partial charge in [-0.2, -0.15) is 0 Å². The predicted octanol–water partition coefficient (Wildman–Crippen LogP) is 2.84. The molecule has 0 saturated carbocycles. The van der Waals surface area contributed by atoms with Crippen molar-refractivity contribution in [1.82, 2.24) is 4.98 Å². The van der Waals surface area contributed by atoms with Gasteiger partial charge in [0.1, 0.15) is 0 Å². The summed E-state index contributed by atoms with van der Waals surface area (Å²) in [6.07, 6.45) is 4.32. The lowest BCUT2D eigenvalue weighted by Gasteiger charge is -2.11. The van der Waals surface area contributed by atoms with Gasteiger partial charge in [0.15, 0.2) is 0 Å². The summed E-state index contributed by atoms with van der Waals surface area (Å²) < 4.78 is 5.08. The summed E-state index contributed by atoms with van der Waals surface area (Å²) >= 11 is 0. The number of nitrogens with two attached hydrogens (primary N) is 1. The molecule has 0 aliphatic carbocycles. The third-order valence-corrected chi connectivity index (χ3v) is 2.93. The Morgan fingerprint density at radius 2 is 2.24 bits per heavy atom. The molecule has 2 rings (SSSR count). The van der Waals surface area contributed by atoms with E-state index in [2.05, 4.69) is 10.3 Å². The summed E-state index contributed by atoms with van der Waals surface area (Å²) in [5.74, 6) is -0.345. The van der Waals surface area contributed by atoms with Crippen molar-refractivity contribution < 1.29 is 9.53 Å². The highest BCUT2D eigenvalue weighted by Crippen LogP contribution is 2.21. The van der Waals surface area contributed by atoms with Crippen molar-refractivity contribution >= 4 is 17.3 Å². The van der Waals surface area contributed by atoms with E-state index in [9.17, 15) is 4.79 Å². The smallest absolute Gasteiger partial charge is 0.338 e. The number of benzene rings is 1. The van der Waals surface area contributed by atoms with Crippen LogP contribution in [0.5, 0.6) is 0 Å². The van der Waals surface area contributed by atoms with E-state index >= 15 is 0 Å². The van der Waals surface area contributed by atoms with Gasteiger partial charge in [0.2, 0.25) is 0 Å². The Morgan fingerprint density at radius 1 is 1.38 bits per heavy atom. The zero-order valence-electron chi connectivity index (χ0n) is 12.0. The molecule has 1 aromatic heterocycles. The zero-order chi connectivity index (χ0) is 15.1. The third-order valence-electron chi connectivity index (χ3n) is 2.93. The molecule has 0 unspecified atom stereocenters. The van der Waals surface area contributed by atoms with Gasteiger partial charge < -0.3 is 15.8 Å². The van der Waals surface area contributed by atoms with Crippen LogP contribution < -0.4 is 11.1 Å². The molecule has 0 aliphatic heterocycles. The lowest BCUT2D eigenvalue weighted by atomic mass is 10.1. The highest BCUT2D eigenvalue weighted by Gasteiger charge is 2.09. The van der Waals surface area contributed by atoms with Gasteiger partial charge in [0, 0.05) is 18.9 Å². The fraction of sp³-hybridized carbons (Fsp3) is 0.250. The standard InChI is InChI=1S/C16H19N3O2/c1-2-8-21-16(20)13-5-6-15(14(17)9-13)19-11-12-4-3-7-18-10-12/h3-7,9-10,19H,2,8,11,17H2,1H3. The molecule has 21 heavy (non-hydrogen) atoms. The largest absolute Gasteiger partial charge is 0.462 e. The fourth-order valence-electron chi connectivity index (χ4n) is 1.83. The number of nitrogen functional groups attached to an aromatic ring is 1. The van der Waals surface area contributed by atoms with Crippen LogP contribution in [0.15, 0.2) is 42.7 Å². The number of nitrogens with zero attached hydrogens (tertiary/aromatic N) is 1. The minimum atomic E-state index is -0.345. The van der Waals surface area contributed by atoms with Crippen molar-refractivity contribution in [3.8, 4) is 0 Å². The zero-order valence-corrected chi connectivity index (χ0v) is 12.0. The molecule has 5 heteroatoms. The Morgan fingerprint density at radius 3 is 2.90 bits per heavy atom. The molecule has 0 fully saturated rings. The van der Waals surface area contributed by atoms with E-state index in [1.807, 2.05) is 19.1 Å². The summed E-state index contributed by atoms with van der Waals surface area (Å²) in [6.45, 7) is 2.99. The minimum Gasteiger partial charge on any atom is -0.462 e. The molecule has 0 aliphatic rings. The average molecular weight is 285 g/mol. The van der Waals surface area contributed by atoms with E-state index in [-0.39, 0.29) is 5.97 Å². The number of hydrogen-bond donors (Lipinski definition) is 2. The van der Waals surface area contributed by atoms with E-state index in [0.717, 1.165) is 17.7 Å². The topological polar surface area (TPSA) is 77.2 Å². The Bertz CT molecular complexity index is 600. The summed E-state index contributed by atoms with van der Waals surface area (Å²) in [5.41, 5.74) is 8.79. The summed E-state index contributed by atoms with van der Waals surface area (Å²) in [4.78, 5) is 15.8. The molecule has 0 saturated heterocycles. The first-order valence-corrected chi connectivity index (χ1v) is 6.90. The van der Waals surface area contributed by atoms with E-state index < -0.39 is 0 Å². The highest BCUT2D eigenvalue weighted by atomic mass is 16.5. The monoisotopic (exact) mass is 285 g/mol. The van der Waals surface area contributed by atoms with E-state index in [4.69, 9.17) is 10.5 Å². The van der Waals surface area contributed by atoms with Gasteiger partial charge in [0.25, 0.3) is 0 Å². The molecule has 0 atom stereocenters. The first kappa shape index (κ1) is 14.8. The first-order valence-electron chi connectivity index (χ1n) is 6.90. The van der Waals surface area contributed by atoms with Crippen LogP contribution in [-0.2, 0) is 11.3 Å². The molecule has 3 N–H and O–H groups in total. The van der Waals surface area contributed by atoms with Gasteiger partial charge in [-0.1, -0.05) is 13.0 Å².